The number of anilines is 2. The zero-order valence-electron chi connectivity index (χ0n) is 21.1. The van der Waals surface area contributed by atoms with Gasteiger partial charge < -0.3 is 14.4 Å². The number of hydrogen-bond acceptors (Lipinski definition) is 4. The van der Waals surface area contributed by atoms with Crippen molar-refractivity contribution < 1.29 is 0 Å². The third-order valence-corrected chi connectivity index (χ3v) is 7.25. The first-order valence-electron chi connectivity index (χ1n) is 12.7. The lowest BCUT2D eigenvalue weighted by Gasteiger charge is -2.42. The van der Waals surface area contributed by atoms with E-state index in [0.717, 1.165) is 47.7 Å². The number of rotatable bonds is 4. The molecule has 5 nitrogen and oxygen atoms in total. The molecule has 3 aromatic carbocycles. The van der Waals surface area contributed by atoms with Crippen LogP contribution in [0.25, 0.3) is 27.8 Å². The van der Waals surface area contributed by atoms with Gasteiger partial charge in [0.05, 0.1) is 5.39 Å². The van der Waals surface area contributed by atoms with E-state index in [9.17, 15) is 0 Å². The van der Waals surface area contributed by atoms with Gasteiger partial charge in [0.2, 0.25) is 0 Å². The quantitative estimate of drug-likeness (QED) is 0.302. The van der Waals surface area contributed by atoms with Crippen molar-refractivity contribution in [2.45, 2.75) is 26.8 Å². The summed E-state index contributed by atoms with van der Waals surface area (Å²) in [7, 11) is 0. The summed E-state index contributed by atoms with van der Waals surface area (Å²) in [5, 5.41) is 1.11. The molecule has 0 amide bonds. The molecule has 1 aliphatic heterocycles. The minimum atomic E-state index is 0.367. The van der Waals surface area contributed by atoms with E-state index in [-0.39, 0.29) is 0 Å². The summed E-state index contributed by atoms with van der Waals surface area (Å²) in [5.74, 6) is 1.01. The van der Waals surface area contributed by atoms with Gasteiger partial charge in [0.15, 0.2) is 5.65 Å². The van der Waals surface area contributed by atoms with E-state index in [4.69, 9.17) is 9.97 Å². The van der Waals surface area contributed by atoms with Crippen LogP contribution in [0, 0.1) is 13.8 Å². The summed E-state index contributed by atoms with van der Waals surface area (Å²) in [4.78, 5) is 14.6. The lowest BCUT2D eigenvalue weighted by atomic mass is 10.1. The van der Waals surface area contributed by atoms with Crippen LogP contribution in [-0.2, 0) is 0 Å². The first-order valence-corrected chi connectivity index (χ1v) is 12.7. The molecule has 1 fully saturated rings. The number of benzene rings is 3. The van der Waals surface area contributed by atoms with Gasteiger partial charge in [0.1, 0.15) is 12.1 Å². The molecular weight excluding hydrogens is 442 g/mol. The molecule has 0 aliphatic carbocycles. The second-order valence-corrected chi connectivity index (χ2v) is 9.83. The van der Waals surface area contributed by atoms with Crippen molar-refractivity contribution in [3.05, 3.63) is 103 Å². The fraction of sp³-hybridized carbons (Fsp3) is 0.226. The second-order valence-electron chi connectivity index (χ2n) is 9.83. The average molecular weight is 474 g/mol. The number of piperazine rings is 1. The minimum Gasteiger partial charge on any atom is -0.365 e. The van der Waals surface area contributed by atoms with Gasteiger partial charge in [0.25, 0.3) is 0 Å². The molecular formula is C31H31N5. The monoisotopic (exact) mass is 473 g/mol. The van der Waals surface area contributed by atoms with Gasteiger partial charge in [-0.05, 0) is 50.6 Å². The van der Waals surface area contributed by atoms with E-state index >= 15 is 0 Å². The van der Waals surface area contributed by atoms with E-state index in [1.165, 1.54) is 22.4 Å². The molecule has 1 aliphatic rings. The van der Waals surface area contributed by atoms with Crippen molar-refractivity contribution >= 4 is 22.5 Å². The Bertz CT molecular complexity index is 1490. The zero-order valence-corrected chi connectivity index (χ0v) is 21.1. The Hall–Kier alpha value is -4.12. The van der Waals surface area contributed by atoms with Crippen LogP contribution < -0.4 is 9.80 Å². The summed E-state index contributed by atoms with van der Waals surface area (Å²) >= 11 is 0. The van der Waals surface area contributed by atoms with Crippen LogP contribution in [0.4, 0.5) is 11.5 Å². The molecule has 0 N–H and O–H groups in total. The van der Waals surface area contributed by atoms with Gasteiger partial charge in [-0.2, -0.15) is 0 Å². The highest BCUT2D eigenvalue weighted by molar-refractivity contribution is 6.02. The van der Waals surface area contributed by atoms with E-state index in [2.05, 4.69) is 120 Å². The van der Waals surface area contributed by atoms with E-state index in [0.29, 0.717) is 6.04 Å². The van der Waals surface area contributed by atoms with Crippen LogP contribution in [-0.4, -0.2) is 40.2 Å². The van der Waals surface area contributed by atoms with Crippen molar-refractivity contribution in [1.29, 1.82) is 0 Å². The van der Waals surface area contributed by atoms with Crippen molar-refractivity contribution in [2.24, 2.45) is 0 Å². The molecule has 180 valence electrons. The van der Waals surface area contributed by atoms with Crippen LogP contribution in [0.1, 0.15) is 18.1 Å². The second kappa shape index (κ2) is 9.15. The highest BCUT2D eigenvalue weighted by Gasteiger charge is 2.28. The van der Waals surface area contributed by atoms with Crippen LogP contribution in [0.3, 0.4) is 0 Å². The lowest BCUT2D eigenvalue weighted by molar-refractivity contribution is 0.548. The number of aromatic nitrogens is 3. The first-order chi connectivity index (χ1) is 17.6. The third-order valence-electron chi connectivity index (χ3n) is 7.25. The Balaban J connectivity index is 1.43. The van der Waals surface area contributed by atoms with Crippen molar-refractivity contribution in [3.8, 4) is 16.8 Å². The van der Waals surface area contributed by atoms with Crippen molar-refractivity contribution in [1.82, 2.24) is 14.5 Å². The Labute approximate surface area is 212 Å². The van der Waals surface area contributed by atoms with Gasteiger partial charge in [-0.15, -0.1) is 0 Å². The fourth-order valence-electron chi connectivity index (χ4n) is 5.29. The largest absolute Gasteiger partial charge is 0.365 e. The van der Waals surface area contributed by atoms with Crippen LogP contribution in [0.5, 0.6) is 0 Å². The molecule has 3 heterocycles. The Kier molecular flexibility index (Phi) is 5.68. The summed E-state index contributed by atoms with van der Waals surface area (Å²) in [6, 6.07) is 28.4. The van der Waals surface area contributed by atoms with E-state index < -0.39 is 0 Å². The number of nitrogens with zero attached hydrogens (tertiary/aromatic N) is 5. The predicted octanol–water partition coefficient (Wildman–Crippen LogP) is 6.42. The molecule has 6 rings (SSSR count). The maximum atomic E-state index is 4.86. The molecule has 0 unspecified atom stereocenters. The molecule has 36 heavy (non-hydrogen) atoms. The molecule has 0 radical (unpaired) electrons. The van der Waals surface area contributed by atoms with E-state index in [1.807, 2.05) is 0 Å². The smallest absolute Gasteiger partial charge is 0.150 e. The molecule has 5 aromatic rings. The molecule has 0 spiro atoms. The van der Waals surface area contributed by atoms with Gasteiger partial charge in [-0.25, -0.2) is 9.97 Å². The average Bonchev–Trinajstić information content (AvgIpc) is 3.30. The molecule has 0 saturated carbocycles. The lowest BCUT2D eigenvalue weighted by Crippen LogP contribution is -2.52. The summed E-state index contributed by atoms with van der Waals surface area (Å²) in [5.41, 5.74) is 8.21. The Morgan fingerprint density at radius 1 is 0.750 bits per heavy atom. The normalized spacial score (nSPS) is 16.0. The molecule has 5 heteroatoms. The summed E-state index contributed by atoms with van der Waals surface area (Å²) < 4.78 is 2.20. The Morgan fingerprint density at radius 2 is 1.42 bits per heavy atom. The molecule has 2 aromatic heterocycles. The maximum absolute atomic E-state index is 4.86. The summed E-state index contributed by atoms with van der Waals surface area (Å²) in [6.07, 6.45) is 3.93. The van der Waals surface area contributed by atoms with E-state index in [1.54, 1.807) is 6.33 Å². The van der Waals surface area contributed by atoms with Gasteiger partial charge in [-0.1, -0.05) is 65.7 Å². The number of fused-ring (bicyclic) bond motifs is 1. The van der Waals surface area contributed by atoms with Crippen molar-refractivity contribution in [2.75, 3.05) is 29.4 Å². The Morgan fingerprint density at radius 3 is 2.08 bits per heavy atom. The maximum Gasteiger partial charge on any atom is 0.150 e. The van der Waals surface area contributed by atoms with Crippen molar-refractivity contribution in [3.63, 3.8) is 0 Å². The topological polar surface area (TPSA) is 37.2 Å². The van der Waals surface area contributed by atoms with Crippen LogP contribution >= 0.6 is 0 Å². The third kappa shape index (κ3) is 4.01. The SMILES string of the molecule is Cc1ccc(N2CCN(c3ncnc4c3c(-c3ccccc3)cn4-c3ccc(C)cc3)C[C@H]2C)cc1. The fourth-order valence-corrected chi connectivity index (χ4v) is 5.29. The summed E-state index contributed by atoms with van der Waals surface area (Å²) in [6.45, 7) is 9.33. The molecule has 0 bridgehead atoms. The highest BCUT2D eigenvalue weighted by atomic mass is 15.3. The van der Waals surface area contributed by atoms with Crippen LogP contribution in [0.2, 0.25) is 0 Å². The van der Waals surface area contributed by atoms with Gasteiger partial charge >= 0.3 is 0 Å². The first kappa shape index (κ1) is 22.4. The minimum absolute atomic E-state index is 0.367. The van der Waals surface area contributed by atoms with Gasteiger partial charge in [-0.3, -0.25) is 0 Å². The van der Waals surface area contributed by atoms with Crippen LogP contribution in [0.15, 0.2) is 91.4 Å². The molecule has 1 atom stereocenters. The number of aryl methyl sites for hydroxylation is 2. The standard InChI is InChI=1S/C31H31N5/c1-22-9-13-26(14-10-22)35-18-17-34(19-24(35)3)30-29-28(25-7-5-4-6-8-25)20-36(31(29)33-21-32-30)27-15-11-23(2)12-16-27/h4-16,20-21,24H,17-19H2,1-3H3/t24-/m1/s1. The predicted molar refractivity (Wildman–Crippen MR) is 149 cm³/mol. The zero-order chi connectivity index (χ0) is 24.6. The highest BCUT2D eigenvalue weighted by Crippen LogP contribution is 2.37. The van der Waals surface area contributed by atoms with Gasteiger partial charge in [0, 0.05) is 48.8 Å². The molecule has 1 saturated heterocycles. The number of hydrogen-bond donors (Lipinski definition) is 0.